The van der Waals surface area contributed by atoms with E-state index in [-0.39, 0.29) is 17.9 Å². The second-order valence-electron chi connectivity index (χ2n) is 7.05. The fraction of sp³-hybridized carbons (Fsp3) is 0.167. The topological polar surface area (TPSA) is 101 Å². The van der Waals surface area contributed by atoms with E-state index in [0.717, 1.165) is 11.1 Å². The van der Waals surface area contributed by atoms with Crippen molar-refractivity contribution in [2.24, 2.45) is 0 Å². The Labute approximate surface area is 179 Å². The van der Waals surface area contributed by atoms with Crippen molar-refractivity contribution in [3.8, 4) is 22.7 Å². The second kappa shape index (κ2) is 9.21. The van der Waals surface area contributed by atoms with E-state index in [1.54, 1.807) is 18.3 Å². The highest BCUT2D eigenvalue weighted by Crippen LogP contribution is 2.21. The number of carbonyl (C=O) groups excluding carboxylic acids is 1. The van der Waals surface area contributed by atoms with Crippen LogP contribution in [-0.4, -0.2) is 20.9 Å². The number of nitrogens with one attached hydrogen (secondary N) is 2. The lowest BCUT2D eigenvalue weighted by atomic mass is 10.1. The molecule has 4 aromatic rings. The summed E-state index contributed by atoms with van der Waals surface area (Å²) in [4.78, 5) is 35.7. The molecule has 0 bridgehead atoms. The quantitative estimate of drug-likeness (QED) is 0.471. The predicted octanol–water partition coefficient (Wildman–Crippen LogP) is 4.23. The molecule has 7 heteroatoms. The minimum Gasteiger partial charge on any atom is -0.441 e. The Balaban J connectivity index is 1.39. The minimum absolute atomic E-state index is 0.152. The maximum atomic E-state index is 12.4. The van der Waals surface area contributed by atoms with Gasteiger partial charge < -0.3 is 14.7 Å². The maximum Gasteiger partial charge on any atom is 0.251 e. The van der Waals surface area contributed by atoms with Crippen LogP contribution >= 0.6 is 0 Å². The molecule has 2 heterocycles. The molecule has 0 unspecified atom stereocenters. The Morgan fingerprint density at radius 2 is 1.87 bits per heavy atom. The first kappa shape index (κ1) is 20.3. The SMILES string of the molecule is CCc1cc(=O)[nH]c(-c2cccc(NC(=O)CCc3ncc(-c4ccccc4)o3)c2)n1. The van der Waals surface area contributed by atoms with Crippen molar-refractivity contribution in [3.05, 3.63) is 88.8 Å². The number of rotatable bonds is 7. The highest BCUT2D eigenvalue weighted by Gasteiger charge is 2.10. The van der Waals surface area contributed by atoms with Gasteiger partial charge in [0.2, 0.25) is 5.91 Å². The average molecular weight is 414 g/mol. The summed E-state index contributed by atoms with van der Waals surface area (Å²) in [5.74, 6) is 1.52. The third kappa shape index (κ3) is 5.14. The number of aromatic amines is 1. The van der Waals surface area contributed by atoms with Crippen LogP contribution in [0.4, 0.5) is 5.69 Å². The molecular formula is C24H22N4O3. The molecule has 0 spiro atoms. The van der Waals surface area contributed by atoms with Gasteiger partial charge >= 0.3 is 0 Å². The van der Waals surface area contributed by atoms with E-state index in [1.807, 2.05) is 49.4 Å². The van der Waals surface area contributed by atoms with Crippen molar-refractivity contribution in [1.29, 1.82) is 0 Å². The van der Waals surface area contributed by atoms with Crippen LogP contribution in [0.2, 0.25) is 0 Å². The zero-order chi connectivity index (χ0) is 21.6. The van der Waals surface area contributed by atoms with Gasteiger partial charge in [-0.2, -0.15) is 0 Å². The van der Waals surface area contributed by atoms with Crippen molar-refractivity contribution in [3.63, 3.8) is 0 Å². The molecule has 2 aromatic heterocycles. The maximum absolute atomic E-state index is 12.4. The highest BCUT2D eigenvalue weighted by molar-refractivity contribution is 5.91. The summed E-state index contributed by atoms with van der Waals surface area (Å²) in [5.41, 5.74) is 2.82. The molecule has 0 aliphatic heterocycles. The summed E-state index contributed by atoms with van der Waals surface area (Å²) in [7, 11) is 0. The first-order chi connectivity index (χ1) is 15.1. The molecule has 0 fully saturated rings. The number of hydrogen-bond acceptors (Lipinski definition) is 5. The summed E-state index contributed by atoms with van der Waals surface area (Å²) < 4.78 is 5.75. The zero-order valence-electron chi connectivity index (χ0n) is 17.1. The number of aryl methyl sites for hydroxylation is 2. The summed E-state index contributed by atoms with van der Waals surface area (Å²) in [6.45, 7) is 1.94. The van der Waals surface area contributed by atoms with Crippen LogP contribution in [0.1, 0.15) is 24.9 Å². The smallest absolute Gasteiger partial charge is 0.251 e. The Kier molecular flexibility index (Phi) is 6.03. The number of amides is 1. The van der Waals surface area contributed by atoms with Crippen LogP contribution < -0.4 is 10.9 Å². The van der Waals surface area contributed by atoms with Gasteiger partial charge in [-0.05, 0) is 18.6 Å². The van der Waals surface area contributed by atoms with Crippen LogP contribution in [0, 0.1) is 0 Å². The molecule has 0 aliphatic carbocycles. The molecule has 156 valence electrons. The first-order valence-corrected chi connectivity index (χ1v) is 10.1. The van der Waals surface area contributed by atoms with E-state index in [0.29, 0.717) is 41.7 Å². The van der Waals surface area contributed by atoms with Gasteiger partial charge in [0.05, 0.1) is 6.20 Å². The van der Waals surface area contributed by atoms with Crippen molar-refractivity contribution in [2.75, 3.05) is 5.32 Å². The number of aromatic nitrogens is 3. The predicted molar refractivity (Wildman–Crippen MR) is 119 cm³/mol. The molecule has 0 aliphatic rings. The van der Waals surface area contributed by atoms with Crippen molar-refractivity contribution < 1.29 is 9.21 Å². The second-order valence-corrected chi connectivity index (χ2v) is 7.05. The van der Waals surface area contributed by atoms with E-state index in [1.165, 1.54) is 6.07 Å². The third-order valence-electron chi connectivity index (χ3n) is 4.75. The van der Waals surface area contributed by atoms with E-state index in [9.17, 15) is 9.59 Å². The molecule has 0 saturated heterocycles. The van der Waals surface area contributed by atoms with Crippen LogP contribution in [0.5, 0.6) is 0 Å². The van der Waals surface area contributed by atoms with E-state index < -0.39 is 0 Å². The molecule has 0 saturated carbocycles. The highest BCUT2D eigenvalue weighted by atomic mass is 16.4. The molecule has 31 heavy (non-hydrogen) atoms. The third-order valence-corrected chi connectivity index (χ3v) is 4.75. The van der Waals surface area contributed by atoms with Gasteiger partial charge in [0.1, 0.15) is 5.82 Å². The molecular weight excluding hydrogens is 392 g/mol. The molecule has 2 N–H and O–H groups in total. The van der Waals surface area contributed by atoms with Gasteiger partial charge in [0, 0.05) is 41.4 Å². The molecule has 2 aromatic carbocycles. The van der Waals surface area contributed by atoms with Crippen molar-refractivity contribution in [2.45, 2.75) is 26.2 Å². The summed E-state index contributed by atoms with van der Waals surface area (Å²) in [6, 6.07) is 18.4. The number of carbonyl (C=O) groups is 1. The van der Waals surface area contributed by atoms with E-state index in [4.69, 9.17) is 4.42 Å². The Hall–Kier alpha value is -4.00. The molecule has 1 amide bonds. The van der Waals surface area contributed by atoms with Gasteiger partial charge in [0.25, 0.3) is 5.56 Å². The Morgan fingerprint density at radius 3 is 2.68 bits per heavy atom. The van der Waals surface area contributed by atoms with Gasteiger partial charge in [-0.25, -0.2) is 9.97 Å². The van der Waals surface area contributed by atoms with Crippen LogP contribution in [0.25, 0.3) is 22.7 Å². The van der Waals surface area contributed by atoms with E-state index >= 15 is 0 Å². The largest absolute Gasteiger partial charge is 0.441 e. The summed E-state index contributed by atoms with van der Waals surface area (Å²) in [5, 5.41) is 2.88. The lowest BCUT2D eigenvalue weighted by molar-refractivity contribution is -0.116. The fourth-order valence-corrected chi connectivity index (χ4v) is 3.18. The molecule has 7 nitrogen and oxygen atoms in total. The zero-order valence-corrected chi connectivity index (χ0v) is 17.1. The first-order valence-electron chi connectivity index (χ1n) is 10.1. The number of benzene rings is 2. The summed E-state index contributed by atoms with van der Waals surface area (Å²) >= 11 is 0. The number of hydrogen-bond donors (Lipinski definition) is 2. The average Bonchev–Trinajstić information content (AvgIpc) is 3.27. The molecule has 0 atom stereocenters. The van der Waals surface area contributed by atoms with Crippen molar-refractivity contribution in [1.82, 2.24) is 15.0 Å². The van der Waals surface area contributed by atoms with Crippen LogP contribution in [0.15, 0.2) is 76.1 Å². The standard InChI is InChI=1S/C24H22N4O3/c1-2-18-14-22(30)28-24(27-18)17-9-6-10-19(13-17)26-21(29)11-12-23-25-15-20(31-23)16-7-4-3-5-8-16/h3-10,13-15H,2,11-12H2,1H3,(H,26,29)(H,27,28,30). The molecule has 4 rings (SSSR count). The normalized spacial score (nSPS) is 10.7. The number of oxazole rings is 1. The van der Waals surface area contributed by atoms with Gasteiger partial charge in [-0.3, -0.25) is 9.59 Å². The Morgan fingerprint density at radius 1 is 1.06 bits per heavy atom. The van der Waals surface area contributed by atoms with E-state index in [2.05, 4.69) is 20.3 Å². The lowest BCUT2D eigenvalue weighted by Gasteiger charge is -2.07. The van der Waals surface area contributed by atoms with Gasteiger partial charge in [-0.1, -0.05) is 49.4 Å². The number of H-pyrrole nitrogens is 1. The monoisotopic (exact) mass is 414 g/mol. The number of nitrogens with zero attached hydrogens (tertiary/aromatic N) is 2. The van der Waals surface area contributed by atoms with Crippen LogP contribution in [-0.2, 0) is 17.6 Å². The van der Waals surface area contributed by atoms with Crippen LogP contribution in [0.3, 0.4) is 0 Å². The summed E-state index contributed by atoms with van der Waals surface area (Å²) in [6.07, 6.45) is 2.97. The van der Waals surface area contributed by atoms with Gasteiger partial charge in [0.15, 0.2) is 11.7 Å². The molecule has 0 radical (unpaired) electrons. The minimum atomic E-state index is -0.197. The number of anilines is 1. The fourth-order valence-electron chi connectivity index (χ4n) is 3.18. The van der Waals surface area contributed by atoms with Crippen molar-refractivity contribution >= 4 is 11.6 Å². The lowest BCUT2D eigenvalue weighted by Crippen LogP contribution is -2.13. The van der Waals surface area contributed by atoms with Gasteiger partial charge in [-0.15, -0.1) is 0 Å². The Bertz CT molecular complexity index is 1240.